The van der Waals surface area contributed by atoms with E-state index < -0.39 is 12.6 Å². The van der Waals surface area contributed by atoms with Crippen molar-refractivity contribution in [1.82, 2.24) is 15.1 Å². The van der Waals surface area contributed by atoms with Gasteiger partial charge < -0.3 is 5.32 Å². The summed E-state index contributed by atoms with van der Waals surface area (Å²) in [6.07, 6.45) is -1.32. The van der Waals surface area contributed by atoms with Crippen molar-refractivity contribution in [3.63, 3.8) is 0 Å². The molecule has 0 saturated carbocycles. The van der Waals surface area contributed by atoms with Crippen LogP contribution >= 0.6 is 0 Å². The summed E-state index contributed by atoms with van der Waals surface area (Å²) in [5.74, 6) is 0. The lowest BCUT2D eigenvalue weighted by Gasteiger charge is -2.07. The van der Waals surface area contributed by atoms with Crippen LogP contribution in [-0.2, 0) is 6.54 Å². The van der Waals surface area contributed by atoms with E-state index in [9.17, 15) is 13.2 Å². The number of hydrogen-bond donors (Lipinski definition) is 1. The first-order valence-corrected chi connectivity index (χ1v) is 5.19. The molecule has 92 valence electrons. The van der Waals surface area contributed by atoms with E-state index in [2.05, 4.69) is 10.4 Å². The second-order valence-corrected chi connectivity index (χ2v) is 3.77. The molecular formula is C10H16F3N3. The summed E-state index contributed by atoms with van der Waals surface area (Å²) in [4.78, 5) is 0. The van der Waals surface area contributed by atoms with Crippen LogP contribution in [0.3, 0.4) is 0 Å². The molecule has 16 heavy (non-hydrogen) atoms. The topological polar surface area (TPSA) is 29.9 Å². The summed E-state index contributed by atoms with van der Waals surface area (Å²) in [5.41, 5.74) is 0.981. The second kappa shape index (κ2) is 5.34. The minimum atomic E-state index is -4.08. The maximum absolute atomic E-state index is 11.9. The molecule has 0 fully saturated rings. The fourth-order valence-corrected chi connectivity index (χ4v) is 1.33. The fourth-order valence-electron chi connectivity index (χ4n) is 1.33. The number of hydrogen-bond acceptors (Lipinski definition) is 2. The molecule has 0 aliphatic rings. The van der Waals surface area contributed by atoms with Gasteiger partial charge >= 0.3 is 6.18 Å². The average Bonchev–Trinajstić information content (AvgIpc) is 2.63. The summed E-state index contributed by atoms with van der Waals surface area (Å²) >= 11 is 0. The standard InChI is InChI=1S/C10H16F3N3/c1-8(14-2)9-6-15-16(7-9)5-3-4-10(11,12)13/h6-8,14H,3-5H2,1-2H3. The number of aromatic nitrogens is 2. The Labute approximate surface area is 92.6 Å². The highest BCUT2D eigenvalue weighted by Gasteiger charge is 2.26. The van der Waals surface area contributed by atoms with E-state index in [1.165, 1.54) is 0 Å². The van der Waals surface area contributed by atoms with Crippen molar-refractivity contribution in [1.29, 1.82) is 0 Å². The summed E-state index contributed by atoms with van der Waals surface area (Å²) < 4.78 is 37.3. The van der Waals surface area contributed by atoms with Crippen LogP contribution in [0.5, 0.6) is 0 Å². The molecule has 0 amide bonds. The number of alkyl halides is 3. The molecule has 0 saturated heterocycles. The molecule has 0 aliphatic carbocycles. The Morgan fingerprint density at radius 1 is 1.50 bits per heavy atom. The Morgan fingerprint density at radius 3 is 2.75 bits per heavy atom. The molecule has 0 spiro atoms. The zero-order chi connectivity index (χ0) is 12.2. The van der Waals surface area contributed by atoms with Gasteiger partial charge in [0.2, 0.25) is 0 Å². The van der Waals surface area contributed by atoms with Crippen molar-refractivity contribution in [3.8, 4) is 0 Å². The summed E-state index contributed by atoms with van der Waals surface area (Å²) in [6.45, 7) is 2.27. The van der Waals surface area contributed by atoms with Crippen LogP contribution < -0.4 is 5.32 Å². The van der Waals surface area contributed by atoms with Gasteiger partial charge in [0.25, 0.3) is 0 Å². The molecule has 1 rings (SSSR count). The van der Waals surface area contributed by atoms with Crippen LogP contribution in [0, 0.1) is 0 Å². The van der Waals surface area contributed by atoms with Crippen LogP contribution in [0.4, 0.5) is 13.2 Å². The lowest BCUT2D eigenvalue weighted by Crippen LogP contribution is -2.11. The normalized spacial score (nSPS) is 14.1. The number of aryl methyl sites for hydroxylation is 1. The second-order valence-electron chi connectivity index (χ2n) is 3.77. The van der Waals surface area contributed by atoms with Crippen LogP contribution in [0.15, 0.2) is 12.4 Å². The zero-order valence-corrected chi connectivity index (χ0v) is 9.38. The van der Waals surface area contributed by atoms with E-state index in [1.807, 2.05) is 14.0 Å². The molecule has 1 N–H and O–H groups in total. The molecule has 0 bridgehead atoms. The van der Waals surface area contributed by atoms with E-state index in [4.69, 9.17) is 0 Å². The fraction of sp³-hybridized carbons (Fsp3) is 0.700. The average molecular weight is 235 g/mol. The maximum atomic E-state index is 11.9. The highest BCUT2D eigenvalue weighted by molar-refractivity contribution is 5.08. The van der Waals surface area contributed by atoms with Crippen LogP contribution in [0.1, 0.15) is 31.4 Å². The molecule has 0 aromatic carbocycles. The van der Waals surface area contributed by atoms with E-state index in [0.717, 1.165) is 5.56 Å². The monoisotopic (exact) mass is 235 g/mol. The maximum Gasteiger partial charge on any atom is 0.389 e. The third-order valence-corrected chi connectivity index (χ3v) is 2.43. The Hall–Kier alpha value is -1.04. The Kier molecular flexibility index (Phi) is 4.35. The molecule has 6 heteroatoms. The Balaban J connectivity index is 2.41. The highest BCUT2D eigenvalue weighted by atomic mass is 19.4. The van der Waals surface area contributed by atoms with Crippen molar-refractivity contribution >= 4 is 0 Å². The molecule has 3 nitrogen and oxygen atoms in total. The lowest BCUT2D eigenvalue weighted by molar-refractivity contribution is -0.136. The van der Waals surface area contributed by atoms with E-state index in [1.54, 1.807) is 17.1 Å². The summed E-state index contributed by atoms with van der Waals surface area (Å²) in [7, 11) is 1.83. The van der Waals surface area contributed by atoms with Gasteiger partial charge in [-0.05, 0) is 20.4 Å². The van der Waals surface area contributed by atoms with Gasteiger partial charge in [-0.2, -0.15) is 18.3 Å². The van der Waals surface area contributed by atoms with Crippen molar-refractivity contribution in [2.45, 2.75) is 38.5 Å². The minimum Gasteiger partial charge on any atom is -0.313 e. The number of nitrogens with one attached hydrogen (secondary N) is 1. The first-order chi connectivity index (χ1) is 7.42. The molecular weight excluding hydrogens is 219 g/mol. The number of nitrogens with zero attached hydrogens (tertiary/aromatic N) is 2. The molecule has 1 aromatic rings. The SMILES string of the molecule is CNC(C)c1cnn(CCCC(F)(F)F)c1. The smallest absolute Gasteiger partial charge is 0.313 e. The van der Waals surface area contributed by atoms with Gasteiger partial charge in [0.1, 0.15) is 0 Å². The summed E-state index contributed by atoms with van der Waals surface area (Å²) in [6, 6.07) is 0.163. The predicted octanol–water partition coefficient (Wildman–Crippen LogP) is 2.51. The van der Waals surface area contributed by atoms with E-state index in [-0.39, 0.29) is 12.5 Å². The van der Waals surface area contributed by atoms with E-state index >= 15 is 0 Å². The Bertz CT molecular complexity index is 319. The molecule has 0 aliphatic heterocycles. The van der Waals surface area contributed by atoms with Crippen LogP contribution in [-0.4, -0.2) is 23.0 Å². The first kappa shape index (κ1) is 13.0. The van der Waals surface area contributed by atoms with Crippen molar-refractivity contribution in [2.24, 2.45) is 0 Å². The third kappa shape index (κ3) is 4.22. The molecule has 0 radical (unpaired) electrons. The third-order valence-electron chi connectivity index (χ3n) is 2.43. The summed E-state index contributed by atoms with van der Waals surface area (Å²) in [5, 5.41) is 7.06. The highest BCUT2D eigenvalue weighted by Crippen LogP contribution is 2.21. The Morgan fingerprint density at radius 2 is 2.19 bits per heavy atom. The van der Waals surface area contributed by atoms with Gasteiger partial charge in [-0.1, -0.05) is 0 Å². The molecule has 1 atom stereocenters. The van der Waals surface area contributed by atoms with Crippen LogP contribution in [0.2, 0.25) is 0 Å². The van der Waals surface area contributed by atoms with Gasteiger partial charge in [-0.15, -0.1) is 0 Å². The van der Waals surface area contributed by atoms with Gasteiger partial charge in [0, 0.05) is 30.8 Å². The molecule has 1 aromatic heterocycles. The van der Waals surface area contributed by atoms with Crippen molar-refractivity contribution in [3.05, 3.63) is 18.0 Å². The lowest BCUT2D eigenvalue weighted by atomic mass is 10.2. The first-order valence-electron chi connectivity index (χ1n) is 5.19. The molecule has 1 unspecified atom stereocenters. The minimum absolute atomic E-state index is 0.0680. The van der Waals surface area contributed by atoms with Gasteiger partial charge in [-0.3, -0.25) is 4.68 Å². The number of rotatable bonds is 5. The van der Waals surface area contributed by atoms with Gasteiger partial charge in [0.15, 0.2) is 0 Å². The zero-order valence-electron chi connectivity index (χ0n) is 9.38. The number of halogens is 3. The van der Waals surface area contributed by atoms with Crippen molar-refractivity contribution in [2.75, 3.05) is 7.05 Å². The largest absolute Gasteiger partial charge is 0.389 e. The van der Waals surface area contributed by atoms with Gasteiger partial charge in [-0.25, -0.2) is 0 Å². The van der Waals surface area contributed by atoms with Crippen LogP contribution in [0.25, 0.3) is 0 Å². The van der Waals surface area contributed by atoms with Crippen molar-refractivity contribution < 1.29 is 13.2 Å². The predicted molar refractivity (Wildman–Crippen MR) is 55.0 cm³/mol. The van der Waals surface area contributed by atoms with Gasteiger partial charge in [0.05, 0.1) is 6.20 Å². The molecule has 1 heterocycles. The van der Waals surface area contributed by atoms with E-state index in [0.29, 0.717) is 6.54 Å². The quantitative estimate of drug-likeness (QED) is 0.849.